The molecule has 2 aromatic rings. The second-order valence-electron chi connectivity index (χ2n) is 7.09. The van der Waals surface area contributed by atoms with Gasteiger partial charge in [-0.15, -0.1) is 0 Å². The highest BCUT2D eigenvalue weighted by Crippen LogP contribution is 2.23. The van der Waals surface area contributed by atoms with Gasteiger partial charge in [-0.05, 0) is 49.2 Å². The number of esters is 1. The highest BCUT2D eigenvalue weighted by Gasteiger charge is 2.28. The van der Waals surface area contributed by atoms with Gasteiger partial charge in [0, 0.05) is 18.8 Å². The number of morpholine rings is 1. The molecule has 0 saturated carbocycles. The first-order valence-corrected chi connectivity index (χ1v) is 11.0. The summed E-state index contributed by atoms with van der Waals surface area (Å²) < 4.78 is 50.9. The average Bonchev–Trinajstić information content (AvgIpc) is 2.75. The Morgan fingerprint density at radius 2 is 1.77 bits per heavy atom. The highest BCUT2D eigenvalue weighted by atomic mass is 32.2. The quantitative estimate of drug-likeness (QED) is 0.678. The Bertz CT molecular complexity index is 1100. The first-order chi connectivity index (χ1) is 14.7. The van der Waals surface area contributed by atoms with Gasteiger partial charge in [-0.1, -0.05) is 12.1 Å². The molecule has 0 aromatic heterocycles. The highest BCUT2D eigenvalue weighted by molar-refractivity contribution is 7.89. The normalized spacial score (nSPS) is 14.8. The number of anilines is 1. The number of rotatable bonds is 6. The van der Waals surface area contributed by atoms with Crippen molar-refractivity contribution in [3.8, 4) is 0 Å². The molecule has 0 radical (unpaired) electrons. The van der Waals surface area contributed by atoms with Crippen LogP contribution in [0.25, 0.3) is 0 Å². The molecular formula is C21H23FN2O6S. The third-order valence-corrected chi connectivity index (χ3v) is 6.84. The standard InChI is InChI=1S/C21H23FN2O6S/c1-14-4-6-17(12-18(14)22)23-20(25)13-30-21(26)16-5-3-15(2)19(11-16)31(27,28)24-7-9-29-10-8-24/h3-6,11-12H,7-10,13H2,1-2H3,(H,23,25). The fourth-order valence-corrected chi connectivity index (χ4v) is 4.67. The summed E-state index contributed by atoms with van der Waals surface area (Å²) >= 11 is 0. The maximum absolute atomic E-state index is 13.6. The summed E-state index contributed by atoms with van der Waals surface area (Å²) in [7, 11) is -3.80. The van der Waals surface area contributed by atoms with Gasteiger partial charge >= 0.3 is 5.97 Å². The van der Waals surface area contributed by atoms with Gasteiger partial charge in [-0.25, -0.2) is 17.6 Å². The number of carbonyl (C=O) groups is 2. The van der Waals surface area contributed by atoms with Gasteiger partial charge < -0.3 is 14.8 Å². The zero-order chi connectivity index (χ0) is 22.6. The molecule has 10 heteroatoms. The van der Waals surface area contributed by atoms with Crippen LogP contribution in [0.1, 0.15) is 21.5 Å². The predicted molar refractivity (Wildman–Crippen MR) is 111 cm³/mol. The maximum Gasteiger partial charge on any atom is 0.338 e. The Kier molecular flexibility index (Phi) is 7.04. The molecule has 1 heterocycles. The molecule has 166 valence electrons. The van der Waals surface area contributed by atoms with E-state index >= 15 is 0 Å². The molecule has 0 bridgehead atoms. The molecule has 1 aliphatic rings. The lowest BCUT2D eigenvalue weighted by Crippen LogP contribution is -2.40. The zero-order valence-electron chi connectivity index (χ0n) is 17.2. The molecule has 31 heavy (non-hydrogen) atoms. The van der Waals surface area contributed by atoms with Crippen molar-refractivity contribution < 1.29 is 31.9 Å². The summed E-state index contributed by atoms with van der Waals surface area (Å²) in [6.45, 7) is 3.70. The lowest BCUT2D eigenvalue weighted by molar-refractivity contribution is -0.119. The second kappa shape index (κ2) is 9.54. The van der Waals surface area contributed by atoms with E-state index in [-0.39, 0.29) is 29.2 Å². The summed E-state index contributed by atoms with van der Waals surface area (Å²) in [5.41, 5.74) is 1.17. The van der Waals surface area contributed by atoms with Crippen LogP contribution in [-0.2, 0) is 24.3 Å². The fourth-order valence-electron chi connectivity index (χ4n) is 3.01. The Morgan fingerprint density at radius 1 is 1.10 bits per heavy atom. The van der Waals surface area contributed by atoms with Crippen LogP contribution < -0.4 is 5.32 Å². The van der Waals surface area contributed by atoms with Gasteiger partial charge in [0.05, 0.1) is 23.7 Å². The van der Waals surface area contributed by atoms with E-state index in [1.54, 1.807) is 13.8 Å². The molecule has 2 aromatic carbocycles. The number of halogens is 1. The Morgan fingerprint density at radius 3 is 2.45 bits per heavy atom. The molecule has 1 aliphatic heterocycles. The van der Waals surface area contributed by atoms with Crippen LogP contribution >= 0.6 is 0 Å². The van der Waals surface area contributed by atoms with Gasteiger partial charge in [0.1, 0.15) is 5.82 Å². The second-order valence-corrected chi connectivity index (χ2v) is 8.99. The number of benzene rings is 2. The largest absolute Gasteiger partial charge is 0.452 e. The van der Waals surface area contributed by atoms with Crippen molar-refractivity contribution in [1.82, 2.24) is 4.31 Å². The minimum absolute atomic E-state index is 0.00318. The third-order valence-electron chi connectivity index (χ3n) is 4.80. The Balaban J connectivity index is 1.67. The minimum Gasteiger partial charge on any atom is -0.452 e. The van der Waals surface area contributed by atoms with Crippen LogP contribution in [0, 0.1) is 19.7 Å². The number of nitrogens with zero attached hydrogens (tertiary/aromatic N) is 1. The summed E-state index contributed by atoms with van der Waals surface area (Å²) in [5, 5.41) is 2.43. The van der Waals surface area contributed by atoms with Gasteiger partial charge in [-0.2, -0.15) is 4.31 Å². The minimum atomic E-state index is -3.80. The van der Waals surface area contributed by atoms with Crippen molar-refractivity contribution in [3.05, 3.63) is 58.9 Å². The molecule has 0 unspecified atom stereocenters. The number of amides is 1. The van der Waals surface area contributed by atoms with Crippen LogP contribution in [0.2, 0.25) is 0 Å². The lowest BCUT2D eigenvalue weighted by Gasteiger charge is -2.26. The summed E-state index contributed by atoms with van der Waals surface area (Å²) in [4.78, 5) is 24.4. The van der Waals surface area contributed by atoms with Crippen molar-refractivity contribution >= 4 is 27.6 Å². The van der Waals surface area contributed by atoms with E-state index < -0.39 is 34.3 Å². The van der Waals surface area contributed by atoms with E-state index in [1.165, 1.54) is 34.6 Å². The van der Waals surface area contributed by atoms with Gasteiger partial charge in [0.15, 0.2) is 6.61 Å². The maximum atomic E-state index is 13.6. The number of hydrogen-bond donors (Lipinski definition) is 1. The number of carbonyl (C=O) groups excluding carboxylic acids is 2. The Hall–Kier alpha value is -2.82. The van der Waals surface area contributed by atoms with Crippen molar-refractivity contribution in [2.24, 2.45) is 0 Å². The molecule has 8 nitrogen and oxygen atoms in total. The van der Waals surface area contributed by atoms with E-state index in [1.807, 2.05) is 0 Å². The first-order valence-electron chi connectivity index (χ1n) is 9.60. The van der Waals surface area contributed by atoms with Crippen LogP contribution in [0.15, 0.2) is 41.3 Å². The molecule has 1 amide bonds. The SMILES string of the molecule is Cc1ccc(NC(=O)COC(=O)c2ccc(C)c(S(=O)(=O)N3CCOCC3)c2)cc1F. The molecular weight excluding hydrogens is 427 g/mol. The van der Waals surface area contributed by atoms with Crippen LogP contribution in [-0.4, -0.2) is 57.5 Å². The first kappa shape index (κ1) is 22.9. The summed E-state index contributed by atoms with van der Waals surface area (Å²) in [5.74, 6) is -1.96. The van der Waals surface area contributed by atoms with E-state index in [2.05, 4.69) is 5.32 Å². The number of ether oxygens (including phenoxy) is 2. The van der Waals surface area contributed by atoms with Crippen molar-refractivity contribution in [2.45, 2.75) is 18.7 Å². The number of nitrogens with one attached hydrogen (secondary N) is 1. The predicted octanol–water partition coefficient (Wildman–Crippen LogP) is 2.26. The third kappa shape index (κ3) is 5.46. The average molecular weight is 450 g/mol. The molecule has 0 atom stereocenters. The van der Waals surface area contributed by atoms with E-state index in [0.717, 1.165) is 6.07 Å². The summed E-state index contributed by atoms with van der Waals surface area (Å²) in [6.07, 6.45) is 0. The molecule has 3 rings (SSSR count). The van der Waals surface area contributed by atoms with Crippen molar-refractivity contribution in [3.63, 3.8) is 0 Å². The van der Waals surface area contributed by atoms with Gasteiger partial charge in [-0.3, -0.25) is 4.79 Å². The van der Waals surface area contributed by atoms with E-state index in [0.29, 0.717) is 24.3 Å². The molecule has 1 N–H and O–H groups in total. The van der Waals surface area contributed by atoms with Crippen molar-refractivity contribution in [1.29, 1.82) is 0 Å². The molecule has 0 aliphatic carbocycles. The number of hydrogen-bond acceptors (Lipinski definition) is 6. The van der Waals surface area contributed by atoms with Crippen LogP contribution in [0.3, 0.4) is 0 Å². The molecule has 1 saturated heterocycles. The van der Waals surface area contributed by atoms with E-state index in [9.17, 15) is 22.4 Å². The van der Waals surface area contributed by atoms with Crippen LogP contribution in [0.5, 0.6) is 0 Å². The fraction of sp³-hybridized carbons (Fsp3) is 0.333. The zero-order valence-corrected chi connectivity index (χ0v) is 18.0. The molecule has 1 fully saturated rings. The smallest absolute Gasteiger partial charge is 0.338 e. The van der Waals surface area contributed by atoms with Crippen molar-refractivity contribution in [2.75, 3.05) is 38.2 Å². The number of aryl methyl sites for hydroxylation is 2. The van der Waals surface area contributed by atoms with Gasteiger partial charge in [0.2, 0.25) is 10.0 Å². The molecule has 0 spiro atoms. The lowest BCUT2D eigenvalue weighted by atomic mass is 10.1. The Labute approximate surface area is 180 Å². The summed E-state index contributed by atoms with van der Waals surface area (Å²) in [6, 6.07) is 8.40. The van der Waals surface area contributed by atoms with E-state index in [4.69, 9.17) is 9.47 Å². The number of sulfonamides is 1. The van der Waals surface area contributed by atoms with Gasteiger partial charge in [0.25, 0.3) is 5.91 Å². The topological polar surface area (TPSA) is 102 Å². The van der Waals surface area contributed by atoms with Crippen LogP contribution in [0.4, 0.5) is 10.1 Å². The monoisotopic (exact) mass is 450 g/mol.